The Bertz CT molecular complexity index is 598. The summed E-state index contributed by atoms with van der Waals surface area (Å²) in [7, 11) is 0. The molecular weight excluding hydrogens is 284 g/mol. The van der Waals surface area contributed by atoms with Crippen LogP contribution in [-0.2, 0) is 6.42 Å². The van der Waals surface area contributed by atoms with E-state index in [9.17, 15) is 0 Å². The van der Waals surface area contributed by atoms with Gasteiger partial charge in [-0.3, -0.25) is 0 Å². The largest absolute Gasteiger partial charge is 0.309 e. The molecule has 0 saturated carbocycles. The lowest BCUT2D eigenvalue weighted by atomic mass is 9.97. The molecule has 2 nitrogen and oxygen atoms in total. The van der Waals surface area contributed by atoms with Gasteiger partial charge in [0.15, 0.2) is 0 Å². The molecule has 1 N–H and O–H groups in total. The molecule has 0 amide bonds. The van der Waals surface area contributed by atoms with Gasteiger partial charge in [-0.1, -0.05) is 6.92 Å². The Hall–Kier alpha value is -0.710. The molecule has 0 spiro atoms. The molecule has 2 aromatic heterocycles. The second kappa shape index (κ2) is 5.96. The number of hydrogen-bond acceptors (Lipinski definition) is 4. The molecule has 1 unspecified atom stereocenters. The van der Waals surface area contributed by atoms with Crippen LogP contribution in [0.2, 0.25) is 0 Å². The van der Waals surface area contributed by atoms with Crippen molar-refractivity contribution in [3.8, 4) is 10.6 Å². The standard InChI is InChI=1S/C16H22N2S2/c1-4-8-17-13-6-5-7-14-15(13)18-16(20-14)12-9-10(2)19-11(12)3/h9,13,17H,4-8H2,1-3H3. The fourth-order valence-corrected chi connectivity index (χ4v) is 5.12. The van der Waals surface area contributed by atoms with Crippen molar-refractivity contribution in [3.63, 3.8) is 0 Å². The molecule has 0 bridgehead atoms. The summed E-state index contributed by atoms with van der Waals surface area (Å²) in [5.41, 5.74) is 2.68. The summed E-state index contributed by atoms with van der Waals surface area (Å²) in [5, 5.41) is 4.88. The lowest BCUT2D eigenvalue weighted by Gasteiger charge is -2.22. The average molecular weight is 307 g/mol. The van der Waals surface area contributed by atoms with Crippen molar-refractivity contribution in [1.29, 1.82) is 0 Å². The summed E-state index contributed by atoms with van der Waals surface area (Å²) in [5.74, 6) is 0. The minimum absolute atomic E-state index is 0.476. The van der Waals surface area contributed by atoms with Crippen molar-refractivity contribution in [2.75, 3.05) is 6.54 Å². The Morgan fingerprint density at radius 2 is 2.20 bits per heavy atom. The number of thiazole rings is 1. The Kier molecular flexibility index (Phi) is 4.24. The highest BCUT2D eigenvalue weighted by Crippen LogP contribution is 2.39. The molecule has 0 aromatic carbocycles. The molecule has 4 heteroatoms. The summed E-state index contributed by atoms with van der Waals surface area (Å²) in [6.07, 6.45) is 4.92. The predicted octanol–water partition coefficient (Wildman–Crippen LogP) is 4.87. The van der Waals surface area contributed by atoms with Crippen molar-refractivity contribution < 1.29 is 0 Å². The third kappa shape index (κ3) is 2.69. The van der Waals surface area contributed by atoms with Crippen LogP contribution in [0.25, 0.3) is 10.6 Å². The molecular formula is C16H22N2S2. The lowest BCUT2D eigenvalue weighted by Crippen LogP contribution is -2.25. The lowest BCUT2D eigenvalue weighted by molar-refractivity contribution is 0.454. The zero-order valence-electron chi connectivity index (χ0n) is 12.5. The Labute approximate surface area is 129 Å². The molecule has 1 aliphatic carbocycles. The molecule has 0 radical (unpaired) electrons. The number of fused-ring (bicyclic) bond motifs is 1. The Balaban J connectivity index is 1.93. The highest BCUT2D eigenvalue weighted by Gasteiger charge is 2.25. The van der Waals surface area contributed by atoms with Gasteiger partial charge in [0.1, 0.15) is 5.01 Å². The first-order chi connectivity index (χ1) is 9.69. The van der Waals surface area contributed by atoms with E-state index in [1.165, 1.54) is 56.6 Å². The number of rotatable bonds is 4. The minimum Gasteiger partial charge on any atom is -0.309 e. The molecule has 0 fully saturated rings. The quantitative estimate of drug-likeness (QED) is 0.872. The highest BCUT2D eigenvalue weighted by molar-refractivity contribution is 7.16. The molecule has 1 aliphatic rings. The predicted molar refractivity (Wildman–Crippen MR) is 88.9 cm³/mol. The summed E-state index contributed by atoms with van der Waals surface area (Å²) in [6, 6.07) is 2.77. The van der Waals surface area contributed by atoms with E-state index >= 15 is 0 Å². The van der Waals surface area contributed by atoms with Crippen LogP contribution in [0.3, 0.4) is 0 Å². The van der Waals surface area contributed by atoms with Gasteiger partial charge < -0.3 is 5.32 Å². The number of aromatic nitrogens is 1. The van der Waals surface area contributed by atoms with Crippen LogP contribution in [0.4, 0.5) is 0 Å². The van der Waals surface area contributed by atoms with E-state index in [2.05, 4.69) is 32.2 Å². The SMILES string of the molecule is CCCNC1CCCc2sc(-c3cc(C)sc3C)nc21. The van der Waals surface area contributed by atoms with Crippen LogP contribution in [-0.4, -0.2) is 11.5 Å². The van der Waals surface area contributed by atoms with Crippen molar-refractivity contribution in [2.45, 2.75) is 52.5 Å². The molecule has 0 saturated heterocycles. The summed E-state index contributed by atoms with van der Waals surface area (Å²) < 4.78 is 0. The smallest absolute Gasteiger partial charge is 0.125 e. The fraction of sp³-hybridized carbons (Fsp3) is 0.562. The van der Waals surface area contributed by atoms with E-state index < -0.39 is 0 Å². The van der Waals surface area contributed by atoms with E-state index in [-0.39, 0.29) is 0 Å². The minimum atomic E-state index is 0.476. The Morgan fingerprint density at radius 1 is 1.35 bits per heavy atom. The summed E-state index contributed by atoms with van der Waals surface area (Å²) in [4.78, 5) is 9.27. The number of nitrogens with one attached hydrogen (secondary N) is 1. The first-order valence-electron chi connectivity index (χ1n) is 7.49. The van der Waals surface area contributed by atoms with Gasteiger partial charge in [-0.2, -0.15) is 0 Å². The normalized spacial score (nSPS) is 18.2. The van der Waals surface area contributed by atoms with Crippen LogP contribution >= 0.6 is 22.7 Å². The second-order valence-electron chi connectivity index (χ2n) is 5.55. The van der Waals surface area contributed by atoms with Gasteiger partial charge in [-0.25, -0.2) is 4.98 Å². The number of nitrogens with zero attached hydrogens (tertiary/aromatic N) is 1. The highest BCUT2D eigenvalue weighted by atomic mass is 32.1. The molecule has 2 heterocycles. The summed E-state index contributed by atoms with van der Waals surface area (Å²) in [6.45, 7) is 7.70. The average Bonchev–Trinajstić information content (AvgIpc) is 2.99. The monoisotopic (exact) mass is 306 g/mol. The number of thiophene rings is 1. The maximum atomic E-state index is 4.99. The maximum Gasteiger partial charge on any atom is 0.125 e. The molecule has 20 heavy (non-hydrogen) atoms. The van der Waals surface area contributed by atoms with Crippen LogP contribution in [0, 0.1) is 13.8 Å². The fourth-order valence-electron chi connectivity index (χ4n) is 2.89. The van der Waals surface area contributed by atoms with E-state index in [1.54, 1.807) is 0 Å². The third-order valence-electron chi connectivity index (χ3n) is 3.87. The van der Waals surface area contributed by atoms with Crippen molar-refractivity contribution in [3.05, 3.63) is 26.4 Å². The number of aryl methyl sites for hydroxylation is 3. The Morgan fingerprint density at radius 3 is 2.90 bits per heavy atom. The van der Waals surface area contributed by atoms with E-state index in [0.29, 0.717) is 6.04 Å². The molecule has 3 rings (SSSR count). The van der Waals surface area contributed by atoms with Gasteiger partial charge in [0, 0.05) is 20.2 Å². The zero-order valence-corrected chi connectivity index (χ0v) is 14.1. The van der Waals surface area contributed by atoms with E-state index in [0.717, 1.165) is 6.54 Å². The van der Waals surface area contributed by atoms with Crippen molar-refractivity contribution in [1.82, 2.24) is 10.3 Å². The second-order valence-corrected chi connectivity index (χ2v) is 8.10. The van der Waals surface area contributed by atoms with Crippen molar-refractivity contribution in [2.24, 2.45) is 0 Å². The van der Waals surface area contributed by atoms with E-state index in [4.69, 9.17) is 4.98 Å². The molecule has 108 valence electrons. The molecule has 1 atom stereocenters. The zero-order chi connectivity index (χ0) is 14.1. The maximum absolute atomic E-state index is 4.99. The van der Waals surface area contributed by atoms with Crippen LogP contribution in [0.5, 0.6) is 0 Å². The van der Waals surface area contributed by atoms with Gasteiger partial charge in [0.2, 0.25) is 0 Å². The molecule has 2 aromatic rings. The van der Waals surface area contributed by atoms with Crippen molar-refractivity contribution >= 4 is 22.7 Å². The third-order valence-corrected chi connectivity index (χ3v) is 6.00. The van der Waals surface area contributed by atoms with Gasteiger partial charge in [0.05, 0.1) is 11.7 Å². The van der Waals surface area contributed by atoms with Crippen LogP contribution in [0.1, 0.15) is 52.6 Å². The molecule has 0 aliphatic heterocycles. The summed E-state index contributed by atoms with van der Waals surface area (Å²) >= 11 is 3.78. The first-order valence-corrected chi connectivity index (χ1v) is 9.12. The van der Waals surface area contributed by atoms with Gasteiger partial charge >= 0.3 is 0 Å². The van der Waals surface area contributed by atoms with Gasteiger partial charge in [-0.05, 0) is 52.1 Å². The first kappa shape index (κ1) is 14.2. The van der Waals surface area contributed by atoms with Gasteiger partial charge in [0.25, 0.3) is 0 Å². The topological polar surface area (TPSA) is 24.9 Å². The van der Waals surface area contributed by atoms with Gasteiger partial charge in [-0.15, -0.1) is 22.7 Å². The van der Waals surface area contributed by atoms with E-state index in [1.807, 2.05) is 22.7 Å². The number of hydrogen-bond donors (Lipinski definition) is 1. The van der Waals surface area contributed by atoms with Crippen LogP contribution < -0.4 is 5.32 Å². The van der Waals surface area contributed by atoms with Crippen LogP contribution in [0.15, 0.2) is 6.07 Å².